The minimum absolute atomic E-state index is 0.125. The number of carbonyl (C=O) groups excluding carboxylic acids is 1. The second kappa shape index (κ2) is 6.82. The van der Waals surface area contributed by atoms with E-state index in [0.717, 1.165) is 0 Å². The molecule has 0 aliphatic heterocycles. The first-order valence-electron chi connectivity index (χ1n) is 5.44. The number of nitrogens with one attached hydrogen (secondary N) is 1. The molecule has 1 aromatic carbocycles. The van der Waals surface area contributed by atoms with Crippen molar-refractivity contribution in [2.75, 3.05) is 0 Å². The van der Waals surface area contributed by atoms with E-state index < -0.39 is 39.8 Å². The maximum absolute atomic E-state index is 12.3. The zero-order valence-corrected chi connectivity index (χ0v) is 12.5. The third-order valence-electron chi connectivity index (χ3n) is 2.54. The lowest BCUT2D eigenvalue weighted by Crippen LogP contribution is -2.38. The van der Waals surface area contributed by atoms with E-state index in [4.69, 9.17) is 10.3 Å². The standard InChI is InChI=1S/C11H12BrNO6S/c12-7-1-3-8(4-2-7)20(18,19)9(11(16)13-17)5-6-10(14)15/h1-4,9,17H,5-6H2,(H,13,16)(H,14,15). The number of hydrogen-bond acceptors (Lipinski definition) is 5. The van der Waals surface area contributed by atoms with Crippen molar-refractivity contribution < 1.29 is 28.3 Å². The molecule has 0 saturated heterocycles. The molecule has 1 amide bonds. The van der Waals surface area contributed by atoms with Gasteiger partial charge in [-0.15, -0.1) is 0 Å². The molecule has 0 spiro atoms. The topological polar surface area (TPSA) is 121 Å². The van der Waals surface area contributed by atoms with Gasteiger partial charge in [-0.3, -0.25) is 14.8 Å². The molecule has 1 unspecified atom stereocenters. The maximum atomic E-state index is 12.3. The average Bonchev–Trinajstić information content (AvgIpc) is 2.38. The minimum atomic E-state index is -4.08. The van der Waals surface area contributed by atoms with Crippen LogP contribution >= 0.6 is 15.9 Å². The second-order valence-electron chi connectivity index (χ2n) is 3.90. The first kappa shape index (κ1) is 16.6. The Bertz CT molecular complexity index is 598. The van der Waals surface area contributed by atoms with Gasteiger partial charge in [0.15, 0.2) is 9.84 Å². The van der Waals surface area contributed by atoms with Crippen molar-refractivity contribution in [2.24, 2.45) is 0 Å². The van der Waals surface area contributed by atoms with Gasteiger partial charge in [-0.05, 0) is 30.7 Å². The van der Waals surface area contributed by atoms with Gasteiger partial charge in [-0.1, -0.05) is 15.9 Å². The third-order valence-corrected chi connectivity index (χ3v) is 5.20. The number of hydrogen-bond donors (Lipinski definition) is 3. The van der Waals surface area contributed by atoms with Crippen LogP contribution in [-0.4, -0.2) is 35.9 Å². The van der Waals surface area contributed by atoms with E-state index in [-0.39, 0.29) is 4.90 Å². The van der Waals surface area contributed by atoms with Gasteiger partial charge in [0.1, 0.15) is 5.25 Å². The molecular formula is C11H12BrNO6S. The molecule has 1 aromatic rings. The van der Waals surface area contributed by atoms with Crippen LogP contribution in [-0.2, 0) is 19.4 Å². The number of halogens is 1. The largest absolute Gasteiger partial charge is 0.481 e. The van der Waals surface area contributed by atoms with Gasteiger partial charge in [-0.2, -0.15) is 0 Å². The van der Waals surface area contributed by atoms with Crippen LogP contribution < -0.4 is 5.48 Å². The molecule has 7 nitrogen and oxygen atoms in total. The highest BCUT2D eigenvalue weighted by atomic mass is 79.9. The van der Waals surface area contributed by atoms with Gasteiger partial charge in [0.25, 0.3) is 5.91 Å². The number of carbonyl (C=O) groups is 2. The van der Waals surface area contributed by atoms with E-state index in [1.165, 1.54) is 29.7 Å². The van der Waals surface area contributed by atoms with Crippen molar-refractivity contribution in [3.8, 4) is 0 Å². The first-order chi connectivity index (χ1) is 9.28. The molecule has 9 heteroatoms. The van der Waals surface area contributed by atoms with E-state index >= 15 is 0 Å². The van der Waals surface area contributed by atoms with E-state index in [1.54, 1.807) is 0 Å². The Hall–Kier alpha value is -1.45. The number of amides is 1. The van der Waals surface area contributed by atoms with Crippen LogP contribution in [0.25, 0.3) is 0 Å². The quantitative estimate of drug-likeness (QED) is 0.510. The molecule has 1 rings (SSSR count). The number of rotatable bonds is 6. The summed E-state index contributed by atoms with van der Waals surface area (Å²) in [5.74, 6) is -2.39. The summed E-state index contributed by atoms with van der Waals surface area (Å²) in [4.78, 5) is 21.9. The van der Waals surface area contributed by atoms with Crippen LogP contribution in [0, 0.1) is 0 Å². The van der Waals surface area contributed by atoms with Gasteiger partial charge in [0, 0.05) is 10.9 Å². The Morgan fingerprint density at radius 2 is 1.80 bits per heavy atom. The number of carboxylic acids is 1. The Morgan fingerprint density at radius 1 is 1.25 bits per heavy atom. The molecule has 3 N–H and O–H groups in total. The fourth-order valence-electron chi connectivity index (χ4n) is 1.54. The van der Waals surface area contributed by atoms with Gasteiger partial charge in [0.2, 0.25) is 0 Å². The Labute approximate surface area is 123 Å². The fraction of sp³-hybridized carbons (Fsp3) is 0.273. The zero-order valence-electron chi connectivity index (χ0n) is 10.1. The van der Waals surface area contributed by atoms with Crippen LogP contribution in [0.2, 0.25) is 0 Å². The molecule has 1 atom stereocenters. The Morgan fingerprint density at radius 3 is 2.25 bits per heavy atom. The first-order valence-corrected chi connectivity index (χ1v) is 7.78. The molecule has 20 heavy (non-hydrogen) atoms. The summed E-state index contributed by atoms with van der Waals surface area (Å²) in [6.45, 7) is 0. The third kappa shape index (κ3) is 4.02. The zero-order chi connectivity index (χ0) is 15.3. The molecule has 0 saturated carbocycles. The van der Waals surface area contributed by atoms with Crippen molar-refractivity contribution >= 4 is 37.6 Å². The maximum Gasteiger partial charge on any atom is 0.303 e. The summed E-state index contributed by atoms with van der Waals surface area (Å²) in [5, 5.41) is 15.5. The van der Waals surface area contributed by atoms with Crippen molar-refractivity contribution in [3.05, 3.63) is 28.7 Å². The van der Waals surface area contributed by atoms with E-state index in [0.29, 0.717) is 4.47 Å². The highest BCUT2D eigenvalue weighted by Crippen LogP contribution is 2.22. The Balaban J connectivity index is 3.13. The highest BCUT2D eigenvalue weighted by molar-refractivity contribution is 9.10. The van der Waals surface area contributed by atoms with Crippen molar-refractivity contribution in [1.82, 2.24) is 5.48 Å². The summed E-state index contributed by atoms with van der Waals surface area (Å²) >= 11 is 3.15. The number of benzene rings is 1. The van der Waals surface area contributed by atoms with Gasteiger partial charge < -0.3 is 5.11 Å². The predicted molar refractivity (Wildman–Crippen MR) is 71.9 cm³/mol. The van der Waals surface area contributed by atoms with E-state index in [2.05, 4.69) is 15.9 Å². The molecule has 0 radical (unpaired) electrons. The van der Waals surface area contributed by atoms with Crippen LogP contribution in [0.1, 0.15) is 12.8 Å². The minimum Gasteiger partial charge on any atom is -0.481 e. The fourth-order valence-corrected chi connectivity index (χ4v) is 3.41. The molecule has 0 bridgehead atoms. The summed E-state index contributed by atoms with van der Waals surface area (Å²) in [5.41, 5.74) is 1.26. The van der Waals surface area contributed by atoms with Gasteiger partial charge in [-0.25, -0.2) is 13.9 Å². The smallest absolute Gasteiger partial charge is 0.303 e. The lowest BCUT2D eigenvalue weighted by atomic mass is 10.2. The van der Waals surface area contributed by atoms with Crippen LogP contribution in [0.15, 0.2) is 33.6 Å². The molecule has 0 aromatic heterocycles. The number of sulfone groups is 1. The van der Waals surface area contributed by atoms with Crippen LogP contribution in [0.5, 0.6) is 0 Å². The lowest BCUT2D eigenvalue weighted by molar-refractivity contribution is -0.137. The van der Waals surface area contributed by atoms with Crippen molar-refractivity contribution in [2.45, 2.75) is 23.0 Å². The predicted octanol–water partition coefficient (Wildman–Crippen LogP) is 0.962. The average molecular weight is 366 g/mol. The molecular weight excluding hydrogens is 354 g/mol. The van der Waals surface area contributed by atoms with Gasteiger partial charge in [0.05, 0.1) is 4.90 Å². The van der Waals surface area contributed by atoms with Crippen LogP contribution in [0.3, 0.4) is 0 Å². The van der Waals surface area contributed by atoms with Gasteiger partial charge >= 0.3 is 5.97 Å². The molecule has 0 aliphatic rings. The monoisotopic (exact) mass is 365 g/mol. The normalized spacial score (nSPS) is 12.7. The van der Waals surface area contributed by atoms with Crippen molar-refractivity contribution in [3.63, 3.8) is 0 Å². The summed E-state index contributed by atoms with van der Waals surface area (Å²) in [7, 11) is -4.08. The number of hydroxylamine groups is 1. The van der Waals surface area contributed by atoms with E-state index in [9.17, 15) is 18.0 Å². The number of aliphatic carboxylic acids is 1. The second-order valence-corrected chi connectivity index (χ2v) is 6.94. The van der Waals surface area contributed by atoms with Crippen molar-refractivity contribution in [1.29, 1.82) is 0 Å². The summed E-state index contributed by atoms with van der Waals surface area (Å²) in [6, 6.07) is 5.55. The molecule has 0 heterocycles. The summed E-state index contributed by atoms with van der Waals surface area (Å²) < 4.78 is 25.2. The SMILES string of the molecule is O=C(O)CCC(C(=O)NO)S(=O)(=O)c1ccc(Br)cc1. The van der Waals surface area contributed by atoms with Crippen LogP contribution in [0.4, 0.5) is 0 Å². The molecule has 0 fully saturated rings. The highest BCUT2D eigenvalue weighted by Gasteiger charge is 2.34. The number of carboxylic acid groups (broad SMARTS) is 1. The molecule has 0 aliphatic carbocycles. The van der Waals surface area contributed by atoms with E-state index in [1.807, 2.05) is 0 Å². The summed E-state index contributed by atoms with van der Waals surface area (Å²) in [6.07, 6.45) is -0.937. The Kier molecular flexibility index (Phi) is 5.66. The molecule has 110 valence electrons. The lowest BCUT2D eigenvalue weighted by Gasteiger charge is -2.15.